The molecule has 3 heteroatoms. The van der Waals surface area contributed by atoms with Crippen LogP contribution < -0.4 is 10.1 Å². The molecule has 0 amide bonds. The van der Waals surface area contributed by atoms with E-state index in [-0.39, 0.29) is 6.10 Å². The highest BCUT2D eigenvalue weighted by atomic mass is 16.5. The van der Waals surface area contributed by atoms with Gasteiger partial charge >= 0.3 is 0 Å². The van der Waals surface area contributed by atoms with Crippen molar-refractivity contribution in [3.63, 3.8) is 0 Å². The molecule has 0 unspecified atom stereocenters. The molecule has 1 aromatic carbocycles. The quantitative estimate of drug-likeness (QED) is 0.868. The molecule has 1 aromatic heterocycles. The standard InChI is InChI=1S/C14H16N2O/c1-11(2)17-14-5-3-12(4-6-14)16-13-7-9-15-10-8-13/h3-11H,1-2H3,(H,15,16). The van der Waals surface area contributed by atoms with Gasteiger partial charge in [-0.1, -0.05) is 0 Å². The van der Waals surface area contributed by atoms with Crippen LogP contribution in [-0.4, -0.2) is 11.1 Å². The summed E-state index contributed by atoms with van der Waals surface area (Å²) in [4.78, 5) is 3.97. The van der Waals surface area contributed by atoms with Crippen LogP contribution in [0.2, 0.25) is 0 Å². The van der Waals surface area contributed by atoms with Gasteiger partial charge in [0, 0.05) is 23.8 Å². The fourth-order valence-corrected chi connectivity index (χ4v) is 1.49. The van der Waals surface area contributed by atoms with Gasteiger partial charge in [0.2, 0.25) is 0 Å². The van der Waals surface area contributed by atoms with Gasteiger partial charge in [-0.15, -0.1) is 0 Å². The van der Waals surface area contributed by atoms with Gasteiger partial charge in [-0.05, 0) is 50.2 Å². The summed E-state index contributed by atoms with van der Waals surface area (Å²) < 4.78 is 5.58. The maximum atomic E-state index is 5.58. The number of benzene rings is 1. The van der Waals surface area contributed by atoms with Gasteiger partial charge in [0.25, 0.3) is 0 Å². The van der Waals surface area contributed by atoms with Crippen LogP contribution >= 0.6 is 0 Å². The first-order valence-corrected chi connectivity index (χ1v) is 5.68. The van der Waals surface area contributed by atoms with E-state index in [1.807, 2.05) is 50.2 Å². The van der Waals surface area contributed by atoms with Crippen LogP contribution in [0.25, 0.3) is 0 Å². The minimum Gasteiger partial charge on any atom is -0.491 e. The SMILES string of the molecule is CC(C)Oc1ccc(Nc2ccncc2)cc1. The van der Waals surface area contributed by atoms with Crippen molar-refractivity contribution < 1.29 is 4.74 Å². The molecule has 0 saturated carbocycles. The Kier molecular flexibility index (Phi) is 3.60. The number of aromatic nitrogens is 1. The second kappa shape index (κ2) is 5.34. The van der Waals surface area contributed by atoms with E-state index in [0.29, 0.717) is 0 Å². The summed E-state index contributed by atoms with van der Waals surface area (Å²) in [5.74, 6) is 0.889. The minimum atomic E-state index is 0.203. The zero-order valence-electron chi connectivity index (χ0n) is 10.1. The number of nitrogens with one attached hydrogen (secondary N) is 1. The Bertz CT molecular complexity index is 451. The monoisotopic (exact) mass is 228 g/mol. The highest BCUT2D eigenvalue weighted by Crippen LogP contribution is 2.20. The van der Waals surface area contributed by atoms with Crippen LogP contribution in [0, 0.1) is 0 Å². The predicted octanol–water partition coefficient (Wildman–Crippen LogP) is 3.61. The molecule has 3 nitrogen and oxygen atoms in total. The van der Waals surface area contributed by atoms with Crippen molar-refractivity contribution in [3.05, 3.63) is 48.8 Å². The molecule has 0 saturated heterocycles. The van der Waals surface area contributed by atoms with Crippen LogP contribution in [-0.2, 0) is 0 Å². The predicted molar refractivity (Wildman–Crippen MR) is 69.7 cm³/mol. The average molecular weight is 228 g/mol. The molecule has 88 valence electrons. The normalized spacial score (nSPS) is 10.3. The van der Waals surface area contributed by atoms with Crippen LogP contribution in [0.5, 0.6) is 5.75 Å². The van der Waals surface area contributed by atoms with E-state index in [9.17, 15) is 0 Å². The van der Waals surface area contributed by atoms with Gasteiger partial charge in [0.05, 0.1) is 6.10 Å². The Balaban J connectivity index is 2.03. The second-order valence-corrected chi connectivity index (χ2v) is 4.05. The molecule has 0 atom stereocenters. The van der Waals surface area contributed by atoms with Gasteiger partial charge < -0.3 is 10.1 Å². The number of hydrogen-bond donors (Lipinski definition) is 1. The lowest BCUT2D eigenvalue weighted by atomic mass is 10.3. The van der Waals surface area contributed by atoms with Crippen LogP contribution in [0.1, 0.15) is 13.8 Å². The van der Waals surface area contributed by atoms with Gasteiger partial charge in [-0.3, -0.25) is 4.98 Å². The fourth-order valence-electron chi connectivity index (χ4n) is 1.49. The molecule has 2 rings (SSSR count). The summed E-state index contributed by atoms with van der Waals surface area (Å²) >= 11 is 0. The van der Waals surface area contributed by atoms with Gasteiger partial charge in [-0.2, -0.15) is 0 Å². The number of nitrogens with zero attached hydrogens (tertiary/aromatic N) is 1. The van der Waals surface area contributed by atoms with E-state index in [1.165, 1.54) is 0 Å². The van der Waals surface area contributed by atoms with E-state index in [0.717, 1.165) is 17.1 Å². The Labute approximate surface area is 101 Å². The molecule has 0 aliphatic carbocycles. The number of rotatable bonds is 4. The van der Waals surface area contributed by atoms with Crippen molar-refractivity contribution >= 4 is 11.4 Å². The van der Waals surface area contributed by atoms with Crippen LogP contribution in [0.4, 0.5) is 11.4 Å². The molecular weight excluding hydrogens is 212 g/mol. The fraction of sp³-hybridized carbons (Fsp3) is 0.214. The van der Waals surface area contributed by atoms with Crippen LogP contribution in [0.3, 0.4) is 0 Å². The topological polar surface area (TPSA) is 34.1 Å². The van der Waals surface area contributed by atoms with E-state index < -0.39 is 0 Å². The molecular formula is C14H16N2O. The van der Waals surface area contributed by atoms with Crippen molar-refractivity contribution in [3.8, 4) is 5.75 Å². The molecule has 0 bridgehead atoms. The van der Waals surface area contributed by atoms with E-state index >= 15 is 0 Å². The number of anilines is 2. The van der Waals surface area contributed by atoms with Gasteiger partial charge in [0.15, 0.2) is 0 Å². The summed E-state index contributed by atoms with van der Waals surface area (Å²) in [5, 5.41) is 3.29. The Morgan fingerprint density at radius 3 is 2.12 bits per heavy atom. The van der Waals surface area contributed by atoms with Crippen LogP contribution in [0.15, 0.2) is 48.8 Å². The van der Waals surface area contributed by atoms with Crippen molar-refractivity contribution in [2.45, 2.75) is 20.0 Å². The second-order valence-electron chi connectivity index (χ2n) is 4.05. The van der Waals surface area contributed by atoms with E-state index in [2.05, 4.69) is 10.3 Å². The maximum absolute atomic E-state index is 5.58. The molecule has 1 heterocycles. The molecule has 0 spiro atoms. The Morgan fingerprint density at radius 2 is 1.53 bits per heavy atom. The summed E-state index contributed by atoms with van der Waals surface area (Å²) in [6, 6.07) is 11.8. The lowest BCUT2D eigenvalue weighted by Gasteiger charge is -2.11. The van der Waals surface area contributed by atoms with Crippen molar-refractivity contribution in [1.29, 1.82) is 0 Å². The summed E-state index contributed by atoms with van der Waals surface area (Å²) in [6.45, 7) is 4.03. The number of ether oxygens (including phenoxy) is 1. The highest BCUT2D eigenvalue weighted by molar-refractivity contribution is 5.59. The first-order chi connectivity index (χ1) is 8.24. The molecule has 2 aromatic rings. The Hall–Kier alpha value is -2.03. The van der Waals surface area contributed by atoms with E-state index in [4.69, 9.17) is 4.74 Å². The molecule has 0 aliphatic rings. The molecule has 17 heavy (non-hydrogen) atoms. The van der Waals surface area contributed by atoms with Crippen molar-refractivity contribution in [2.24, 2.45) is 0 Å². The largest absolute Gasteiger partial charge is 0.491 e. The summed E-state index contributed by atoms with van der Waals surface area (Å²) in [5.41, 5.74) is 2.06. The lowest BCUT2D eigenvalue weighted by molar-refractivity contribution is 0.242. The summed E-state index contributed by atoms with van der Waals surface area (Å²) in [7, 11) is 0. The smallest absolute Gasteiger partial charge is 0.119 e. The zero-order valence-corrected chi connectivity index (χ0v) is 10.1. The van der Waals surface area contributed by atoms with Crippen molar-refractivity contribution in [2.75, 3.05) is 5.32 Å². The van der Waals surface area contributed by atoms with Gasteiger partial charge in [0.1, 0.15) is 5.75 Å². The highest BCUT2D eigenvalue weighted by Gasteiger charge is 1.98. The molecule has 0 radical (unpaired) electrons. The molecule has 1 N–H and O–H groups in total. The van der Waals surface area contributed by atoms with Crippen molar-refractivity contribution in [1.82, 2.24) is 4.98 Å². The third-order valence-corrected chi connectivity index (χ3v) is 2.20. The molecule has 0 aliphatic heterocycles. The Morgan fingerprint density at radius 1 is 0.941 bits per heavy atom. The zero-order chi connectivity index (χ0) is 12.1. The maximum Gasteiger partial charge on any atom is 0.119 e. The first kappa shape index (κ1) is 11.5. The summed E-state index contributed by atoms with van der Waals surface area (Å²) in [6.07, 6.45) is 3.73. The van der Waals surface area contributed by atoms with E-state index in [1.54, 1.807) is 12.4 Å². The number of hydrogen-bond acceptors (Lipinski definition) is 3. The van der Waals surface area contributed by atoms with Gasteiger partial charge in [-0.25, -0.2) is 0 Å². The average Bonchev–Trinajstić information content (AvgIpc) is 2.32. The third-order valence-electron chi connectivity index (χ3n) is 2.20. The minimum absolute atomic E-state index is 0.203. The molecule has 0 fully saturated rings. The number of pyridine rings is 1. The lowest BCUT2D eigenvalue weighted by Crippen LogP contribution is -2.05. The first-order valence-electron chi connectivity index (χ1n) is 5.68. The third kappa shape index (κ3) is 3.48.